The van der Waals surface area contributed by atoms with E-state index >= 15 is 0 Å². The second-order valence-electron chi connectivity index (χ2n) is 8.14. The Bertz CT molecular complexity index is 992. The molecule has 0 saturated carbocycles. The molecule has 2 N–H and O–H groups in total. The molecule has 1 saturated heterocycles. The summed E-state index contributed by atoms with van der Waals surface area (Å²) in [5, 5.41) is 36.2. The first kappa shape index (κ1) is 18.7. The molecule has 3 aromatic rings. The minimum atomic E-state index is -0.619. The number of nitrogens with zero attached hydrogens (tertiary/aromatic N) is 8. The van der Waals surface area contributed by atoms with Crippen molar-refractivity contribution < 1.29 is 14.8 Å². The highest BCUT2D eigenvalue weighted by molar-refractivity contribution is 5.83. The second-order valence-corrected chi connectivity index (χ2v) is 8.14. The van der Waals surface area contributed by atoms with Crippen molar-refractivity contribution in [3.63, 3.8) is 0 Å². The number of fused-ring (bicyclic) bond motifs is 1. The summed E-state index contributed by atoms with van der Waals surface area (Å²) >= 11 is 0. The summed E-state index contributed by atoms with van der Waals surface area (Å²) < 4.78 is 6.41. The molecular weight excluding hydrogens is 364 g/mol. The van der Waals surface area contributed by atoms with Crippen LogP contribution in [0.4, 0.5) is 5.82 Å². The molecule has 0 spiro atoms. The Morgan fingerprint density at radius 1 is 1.21 bits per heavy atom. The molecule has 0 radical (unpaired) electrons. The van der Waals surface area contributed by atoms with Crippen molar-refractivity contribution in [2.75, 3.05) is 18.1 Å². The molecular formula is C17H24N8O3. The number of anilines is 1. The Labute approximate surface area is 161 Å². The largest absolute Gasteiger partial charge is 0.394 e. The van der Waals surface area contributed by atoms with Gasteiger partial charge in [0, 0.05) is 12.0 Å². The van der Waals surface area contributed by atoms with Crippen LogP contribution in [0.1, 0.15) is 44.4 Å². The van der Waals surface area contributed by atoms with E-state index in [9.17, 15) is 10.2 Å². The molecule has 4 rings (SSSR count). The van der Waals surface area contributed by atoms with E-state index in [4.69, 9.17) is 14.6 Å². The number of aliphatic hydroxyl groups is 2. The van der Waals surface area contributed by atoms with Gasteiger partial charge in [-0.25, -0.2) is 19.3 Å². The van der Waals surface area contributed by atoms with Gasteiger partial charge in [-0.15, -0.1) is 5.10 Å². The van der Waals surface area contributed by atoms with Gasteiger partial charge in [0.2, 0.25) is 0 Å². The Hall–Kier alpha value is -2.66. The number of aromatic nitrogens is 7. The fraction of sp³-hybridized carbons (Fsp3) is 0.647. The molecule has 4 heterocycles. The SMILES string of the molecule is Cc1nonc1Cn1nnc2c(N3CC[C@H](O)[C@@H]3CO)nc(C(C)(C)C)nc21. The number of aliphatic hydroxyl groups excluding tert-OH is 2. The summed E-state index contributed by atoms with van der Waals surface area (Å²) in [6.45, 7) is 8.61. The van der Waals surface area contributed by atoms with Crippen LogP contribution in [-0.4, -0.2) is 70.8 Å². The maximum absolute atomic E-state index is 10.2. The quantitative estimate of drug-likeness (QED) is 0.636. The van der Waals surface area contributed by atoms with Gasteiger partial charge >= 0.3 is 0 Å². The van der Waals surface area contributed by atoms with Gasteiger partial charge in [0.1, 0.15) is 17.2 Å². The van der Waals surface area contributed by atoms with Crippen molar-refractivity contribution in [3.8, 4) is 0 Å². The second kappa shape index (κ2) is 6.74. The zero-order valence-electron chi connectivity index (χ0n) is 16.4. The highest BCUT2D eigenvalue weighted by Crippen LogP contribution is 2.31. The van der Waals surface area contributed by atoms with Crippen LogP contribution in [0.3, 0.4) is 0 Å². The highest BCUT2D eigenvalue weighted by atomic mass is 16.6. The van der Waals surface area contributed by atoms with Crippen molar-refractivity contribution in [3.05, 3.63) is 17.2 Å². The molecule has 1 aliphatic rings. The molecule has 0 aliphatic carbocycles. The molecule has 0 bridgehead atoms. The van der Waals surface area contributed by atoms with E-state index in [1.54, 1.807) is 4.68 Å². The monoisotopic (exact) mass is 388 g/mol. The summed E-state index contributed by atoms with van der Waals surface area (Å²) in [7, 11) is 0. The smallest absolute Gasteiger partial charge is 0.184 e. The Balaban J connectivity index is 1.86. The van der Waals surface area contributed by atoms with Crippen molar-refractivity contribution in [2.45, 2.75) is 58.2 Å². The van der Waals surface area contributed by atoms with E-state index in [1.807, 2.05) is 32.6 Å². The van der Waals surface area contributed by atoms with E-state index in [0.717, 1.165) is 0 Å². The van der Waals surface area contributed by atoms with Crippen LogP contribution >= 0.6 is 0 Å². The summed E-state index contributed by atoms with van der Waals surface area (Å²) in [5.74, 6) is 1.21. The first-order valence-electron chi connectivity index (χ1n) is 9.25. The van der Waals surface area contributed by atoms with Crippen LogP contribution in [-0.2, 0) is 12.0 Å². The third kappa shape index (κ3) is 3.10. The van der Waals surface area contributed by atoms with Gasteiger partial charge in [-0.05, 0) is 13.3 Å². The van der Waals surface area contributed by atoms with Gasteiger partial charge in [-0.2, -0.15) is 0 Å². The number of hydrogen-bond acceptors (Lipinski definition) is 10. The molecule has 0 unspecified atom stereocenters. The van der Waals surface area contributed by atoms with Gasteiger partial charge in [0.15, 0.2) is 17.0 Å². The lowest BCUT2D eigenvalue weighted by molar-refractivity contribution is 0.128. The topological polar surface area (TPSA) is 139 Å². The number of aryl methyl sites for hydroxylation is 1. The molecule has 3 aromatic heterocycles. The van der Waals surface area contributed by atoms with E-state index in [1.165, 1.54) is 0 Å². The summed E-state index contributed by atoms with van der Waals surface area (Å²) in [6.07, 6.45) is -0.0634. The molecule has 2 atom stereocenters. The summed E-state index contributed by atoms with van der Waals surface area (Å²) in [5.41, 5.74) is 2.10. The van der Waals surface area contributed by atoms with E-state index in [2.05, 4.69) is 20.6 Å². The first-order valence-corrected chi connectivity index (χ1v) is 9.25. The zero-order chi connectivity index (χ0) is 20.1. The molecule has 11 heteroatoms. The average Bonchev–Trinajstić information content (AvgIpc) is 3.33. The van der Waals surface area contributed by atoms with Gasteiger partial charge < -0.3 is 15.1 Å². The lowest BCUT2D eigenvalue weighted by Gasteiger charge is -2.27. The third-order valence-corrected chi connectivity index (χ3v) is 5.03. The molecule has 1 fully saturated rings. The standard InChI is InChI=1S/C17H24N8O3/c1-9-10(22-28-21-9)7-25-15-13(20-23-25)14(18-16(19-15)17(2,3)4)24-6-5-12(27)11(24)8-26/h11-12,26-27H,5-8H2,1-4H3/t11-,12-/m0/s1. The molecule has 150 valence electrons. The van der Waals surface area contributed by atoms with Gasteiger partial charge in [0.25, 0.3) is 0 Å². The van der Waals surface area contributed by atoms with Crippen molar-refractivity contribution in [1.82, 2.24) is 35.3 Å². The predicted molar refractivity (Wildman–Crippen MR) is 98.8 cm³/mol. The molecule has 1 aliphatic heterocycles. The van der Waals surface area contributed by atoms with Crippen LogP contribution in [0.25, 0.3) is 11.2 Å². The Kier molecular flexibility index (Phi) is 4.50. The van der Waals surface area contributed by atoms with Gasteiger partial charge in [-0.3, -0.25) is 0 Å². The normalized spacial score (nSPS) is 20.4. The lowest BCUT2D eigenvalue weighted by Crippen LogP contribution is -2.39. The maximum Gasteiger partial charge on any atom is 0.184 e. The van der Waals surface area contributed by atoms with Crippen LogP contribution in [0.5, 0.6) is 0 Å². The molecule has 11 nitrogen and oxygen atoms in total. The van der Waals surface area contributed by atoms with E-state index < -0.39 is 12.1 Å². The van der Waals surface area contributed by atoms with Crippen molar-refractivity contribution in [1.29, 1.82) is 0 Å². The van der Waals surface area contributed by atoms with Gasteiger partial charge in [0.05, 0.1) is 25.3 Å². The first-order chi connectivity index (χ1) is 13.3. The zero-order valence-corrected chi connectivity index (χ0v) is 16.4. The minimum Gasteiger partial charge on any atom is -0.394 e. The fourth-order valence-corrected chi connectivity index (χ4v) is 3.34. The van der Waals surface area contributed by atoms with Crippen molar-refractivity contribution >= 4 is 17.0 Å². The Morgan fingerprint density at radius 2 is 2.00 bits per heavy atom. The lowest BCUT2D eigenvalue weighted by atomic mass is 9.95. The molecule has 28 heavy (non-hydrogen) atoms. The number of rotatable bonds is 4. The van der Waals surface area contributed by atoms with Crippen LogP contribution in [0.2, 0.25) is 0 Å². The molecule has 0 aromatic carbocycles. The average molecular weight is 388 g/mol. The predicted octanol–water partition coefficient (Wildman–Crippen LogP) is 0.190. The van der Waals surface area contributed by atoms with Crippen LogP contribution < -0.4 is 4.90 Å². The maximum atomic E-state index is 10.2. The Morgan fingerprint density at radius 3 is 2.64 bits per heavy atom. The van der Waals surface area contributed by atoms with Gasteiger partial charge in [-0.1, -0.05) is 36.3 Å². The van der Waals surface area contributed by atoms with Crippen molar-refractivity contribution in [2.24, 2.45) is 0 Å². The fourth-order valence-electron chi connectivity index (χ4n) is 3.34. The summed E-state index contributed by atoms with van der Waals surface area (Å²) in [6, 6.07) is -0.432. The summed E-state index contributed by atoms with van der Waals surface area (Å²) in [4.78, 5) is 11.4. The highest BCUT2D eigenvalue weighted by Gasteiger charge is 2.36. The van der Waals surface area contributed by atoms with Crippen LogP contribution in [0, 0.1) is 6.92 Å². The minimum absolute atomic E-state index is 0.171. The third-order valence-electron chi connectivity index (χ3n) is 5.03. The van der Waals surface area contributed by atoms with Crippen LogP contribution in [0.15, 0.2) is 4.63 Å². The number of hydrogen-bond donors (Lipinski definition) is 2. The van der Waals surface area contributed by atoms with E-state index in [-0.39, 0.29) is 12.0 Å². The molecule has 0 amide bonds. The van der Waals surface area contributed by atoms with E-state index in [0.29, 0.717) is 53.7 Å².